The van der Waals surface area contributed by atoms with Crippen molar-refractivity contribution in [2.24, 2.45) is 5.92 Å². The van der Waals surface area contributed by atoms with Crippen LogP contribution in [0.1, 0.15) is 25.5 Å². The molecule has 0 aliphatic carbocycles. The van der Waals surface area contributed by atoms with Crippen molar-refractivity contribution in [1.29, 1.82) is 0 Å². The molecule has 1 unspecified atom stereocenters. The normalized spacial score (nSPS) is 12.3. The highest BCUT2D eigenvalue weighted by Crippen LogP contribution is 2.21. The number of benzene rings is 1. The fourth-order valence-corrected chi connectivity index (χ4v) is 2.73. The predicted molar refractivity (Wildman–Crippen MR) is 92.5 cm³/mol. The van der Waals surface area contributed by atoms with Crippen LogP contribution < -0.4 is 5.32 Å². The lowest BCUT2D eigenvalue weighted by Crippen LogP contribution is -2.29. The molecule has 1 atom stereocenters. The lowest BCUT2D eigenvalue weighted by atomic mass is 10.0. The van der Waals surface area contributed by atoms with Crippen molar-refractivity contribution < 1.29 is 4.79 Å². The summed E-state index contributed by atoms with van der Waals surface area (Å²) in [6, 6.07) is 11.4. The molecule has 3 rings (SSSR count). The molecule has 6 nitrogen and oxygen atoms in total. The molecule has 0 aliphatic heterocycles. The van der Waals surface area contributed by atoms with Crippen molar-refractivity contribution in [1.82, 2.24) is 19.3 Å². The molecule has 0 saturated carbocycles. The minimum absolute atomic E-state index is 0.00905. The number of anilines is 1. The fourth-order valence-electron chi connectivity index (χ4n) is 2.73. The Kier molecular flexibility index (Phi) is 4.74. The van der Waals surface area contributed by atoms with E-state index in [1.54, 1.807) is 11.0 Å². The van der Waals surface area contributed by atoms with Crippen molar-refractivity contribution in [2.45, 2.75) is 26.4 Å². The Hall–Kier alpha value is -2.89. The number of nitrogens with zero attached hydrogens (tertiary/aromatic N) is 4. The van der Waals surface area contributed by atoms with Crippen LogP contribution in [-0.2, 0) is 11.3 Å². The van der Waals surface area contributed by atoms with E-state index in [0.29, 0.717) is 6.54 Å². The SMILES string of the molecule is CC(C)C(C(=O)Nc1ccc(Cn2cncn2)cc1)n1cccc1. The smallest absolute Gasteiger partial charge is 0.247 e. The Labute approximate surface area is 141 Å². The van der Waals surface area contributed by atoms with Gasteiger partial charge in [0.25, 0.3) is 0 Å². The van der Waals surface area contributed by atoms with Gasteiger partial charge < -0.3 is 9.88 Å². The second-order valence-electron chi connectivity index (χ2n) is 6.10. The van der Waals surface area contributed by atoms with Crippen LogP contribution in [0.5, 0.6) is 0 Å². The largest absolute Gasteiger partial charge is 0.342 e. The zero-order chi connectivity index (χ0) is 16.9. The molecule has 0 bridgehead atoms. The van der Waals surface area contributed by atoms with Crippen molar-refractivity contribution in [2.75, 3.05) is 5.32 Å². The van der Waals surface area contributed by atoms with Crippen LogP contribution in [0.4, 0.5) is 5.69 Å². The van der Waals surface area contributed by atoms with Crippen LogP contribution in [0.3, 0.4) is 0 Å². The molecular formula is C18H21N5O. The summed E-state index contributed by atoms with van der Waals surface area (Å²) in [4.78, 5) is 16.6. The first-order chi connectivity index (χ1) is 11.6. The first-order valence-electron chi connectivity index (χ1n) is 7.98. The van der Waals surface area contributed by atoms with Crippen LogP contribution in [0, 0.1) is 5.92 Å². The van der Waals surface area contributed by atoms with E-state index < -0.39 is 0 Å². The quantitative estimate of drug-likeness (QED) is 0.758. The highest BCUT2D eigenvalue weighted by Gasteiger charge is 2.23. The molecule has 0 spiro atoms. The van der Waals surface area contributed by atoms with Gasteiger partial charge in [0, 0.05) is 18.1 Å². The summed E-state index contributed by atoms with van der Waals surface area (Å²) >= 11 is 0. The number of hydrogen-bond donors (Lipinski definition) is 1. The van der Waals surface area contributed by atoms with E-state index in [1.165, 1.54) is 6.33 Å². The number of amides is 1. The van der Waals surface area contributed by atoms with Crippen molar-refractivity contribution >= 4 is 11.6 Å². The van der Waals surface area contributed by atoms with Gasteiger partial charge in [0.1, 0.15) is 18.7 Å². The van der Waals surface area contributed by atoms with Gasteiger partial charge in [-0.1, -0.05) is 26.0 Å². The van der Waals surface area contributed by atoms with Gasteiger partial charge in [-0.15, -0.1) is 0 Å². The molecule has 0 aliphatic rings. The van der Waals surface area contributed by atoms with Crippen LogP contribution >= 0.6 is 0 Å². The molecule has 2 aromatic heterocycles. The minimum Gasteiger partial charge on any atom is -0.342 e. The van der Waals surface area contributed by atoms with Gasteiger partial charge in [0.05, 0.1) is 6.54 Å². The Morgan fingerprint density at radius 3 is 2.46 bits per heavy atom. The molecular weight excluding hydrogens is 302 g/mol. The molecule has 124 valence electrons. The van der Waals surface area contributed by atoms with E-state index in [1.807, 2.05) is 67.2 Å². The van der Waals surface area contributed by atoms with Gasteiger partial charge in [-0.3, -0.25) is 4.79 Å². The second kappa shape index (κ2) is 7.12. The van der Waals surface area contributed by atoms with E-state index in [2.05, 4.69) is 15.4 Å². The maximum Gasteiger partial charge on any atom is 0.247 e. The van der Waals surface area contributed by atoms with E-state index in [4.69, 9.17) is 0 Å². The lowest BCUT2D eigenvalue weighted by Gasteiger charge is -2.22. The zero-order valence-electron chi connectivity index (χ0n) is 13.8. The summed E-state index contributed by atoms with van der Waals surface area (Å²) in [5.74, 6) is 0.189. The molecule has 1 aromatic carbocycles. The van der Waals surface area contributed by atoms with Crippen LogP contribution in [-0.4, -0.2) is 25.2 Å². The van der Waals surface area contributed by atoms with E-state index in [0.717, 1.165) is 11.3 Å². The molecule has 24 heavy (non-hydrogen) atoms. The Balaban J connectivity index is 1.67. The molecule has 0 radical (unpaired) electrons. The van der Waals surface area contributed by atoms with Gasteiger partial charge in [-0.05, 0) is 35.7 Å². The first-order valence-corrected chi connectivity index (χ1v) is 7.98. The summed E-state index contributed by atoms with van der Waals surface area (Å²) in [5, 5.41) is 7.09. The highest BCUT2D eigenvalue weighted by molar-refractivity contribution is 5.93. The maximum absolute atomic E-state index is 12.6. The Morgan fingerprint density at radius 1 is 1.17 bits per heavy atom. The third-order valence-electron chi connectivity index (χ3n) is 3.88. The molecule has 6 heteroatoms. The molecule has 0 fully saturated rings. The maximum atomic E-state index is 12.6. The second-order valence-corrected chi connectivity index (χ2v) is 6.10. The predicted octanol–water partition coefficient (Wildman–Crippen LogP) is 2.96. The van der Waals surface area contributed by atoms with Gasteiger partial charge in [0.15, 0.2) is 0 Å². The summed E-state index contributed by atoms with van der Waals surface area (Å²) in [6.07, 6.45) is 7.04. The number of rotatable bonds is 6. The summed E-state index contributed by atoms with van der Waals surface area (Å²) in [7, 11) is 0. The number of aromatic nitrogens is 4. The van der Waals surface area contributed by atoms with Gasteiger partial charge >= 0.3 is 0 Å². The highest BCUT2D eigenvalue weighted by atomic mass is 16.2. The van der Waals surface area contributed by atoms with Crippen molar-refractivity contribution in [3.8, 4) is 0 Å². The number of nitrogens with one attached hydrogen (secondary N) is 1. The fraction of sp³-hybridized carbons (Fsp3) is 0.278. The van der Waals surface area contributed by atoms with Gasteiger partial charge in [-0.25, -0.2) is 9.67 Å². The number of carbonyl (C=O) groups is 1. The van der Waals surface area contributed by atoms with Gasteiger partial charge in [0.2, 0.25) is 5.91 Å². The average molecular weight is 323 g/mol. The Morgan fingerprint density at radius 2 is 1.88 bits per heavy atom. The molecule has 0 saturated heterocycles. The zero-order valence-corrected chi connectivity index (χ0v) is 13.8. The first kappa shape index (κ1) is 16.0. The molecule has 2 heterocycles. The topological polar surface area (TPSA) is 64.7 Å². The third-order valence-corrected chi connectivity index (χ3v) is 3.88. The van der Waals surface area contributed by atoms with Crippen LogP contribution in [0.2, 0.25) is 0 Å². The third kappa shape index (κ3) is 3.71. The summed E-state index contributed by atoms with van der Waals surface area (Å²) in [5.41, 5.74) is 1.89. The average Bonchev–Trinajstić information content (AvgIpc) is 3.23. The van der Waals surface area contributed by atoms with E-state index in [-0.39, 0.29) is 17.9 Å². The molecule has 3 aromatic rings. The monoisotopic (exact) mass is 323 g/mol. The summed E-state index contributed by atoms with van der Waals surface area (Å²) in [6.45, 7) is 4.75. The lowest BCUT2D eigenvalue weighted by molar-refractivity contribution is -0.120. The van der Waals surface area contributed by atoms with E-state index in [9.17, 15) is 4.79 Å². The van der Waals surface area contributed by atoms with Gasteiger partial charge in [-0.2, -0.15) is 5.10 Å². The van der Waals surface area contributed by atoms with E-state index >= 15 is 0 Å². The van der Waals surface area contributed by atoms with Crippen molar-refractivity contribution in [3.63, 3.8) is 0 Å². The number of hydrogen-bond acceptors (Lipinski definition) is 3. The molecule has 1 N–H and O–H groups in total. The summed E-state index contributed by atoms with van der Waals surface area (Å²) < 4.78 is 3.70. The van der Waals surface area contributed by atoms with Crippen LogP contribution in [0.15, 0.2) is 61.4 Å². The standard InChI is InChI=1S/C18H21N5O/c1-14(2)17(22-9-3-4-10-22)18(24)21-16-7-5-15(6-8-16)11-23-13-19-12-20-23/h3-10,12-14,17H,11H2,1-2H3,(H,21,24). The minimum atomic E-state index is -0.227. The number of carbonyl (C=O) groups excluding carboxylic acids is 1. The van der Waals surface area contributed by atoms with Crippen molar-refractivity contribution in [3.05, 3.63) is 67.0 Å². The van der Waals surface area contributed by atoms with Crippen LogP contribution in [0.25, 0.3) is 0 Å². The Bertz CT molecular complexity index is 760. The molecule has 1 amide bonds.